The van der Waals surface area contributed by atoms with E-state index in [-0.39, 0.29) is 23.8 Å². The number of hydrogen-bond donors (Lipinski definition) is 3. The molecule has 1 fully saturated rings. The lowest BCUT2D eigenvalue weighted by Gasteiger charge is -2.14. The van der Waals surface area contributed by atoms with Gasteiger partial charge in [0.1, 0.15) is 0 Å². The van der Waals surface area contributed by atoms with Crippen molar-refractivity contribution in [1.82, 2.24) is 16.0 Å². The van der Waals surface area contributed by atoms with Crippen LogP contribution in [-0.2, 0) is 14.3 Å². The zero-order chi connectivity index (χ0) is 13.4. The molecule has 1 unspecified atom stereocenters. The van der Waals surface area contributed by atoms with Crippen LogP contribution in [0.4, 0.5) is 0 Å². The summed E-state index contributed by atoms with van der Waals surface area (Å²) >= 11 is 0. The monoisotopic (exact) mass is 257 g/mol. The number of hydrogen-bond acceptors (Lipinski definition) is 4. The molecule has 0 saturated heterocycles. The van der Waals surface area contributed by atoms with E-state index in [1.807, 2.05) is 0 Å². The summed E-state index contributed by atoms with van der Waals surface area (Å²) in [7, 11) is 1.59. The Morgan fingerprint density at radius 3 is 2.56 bits per heavy atom. The molecule has 6 heteroatoms. The summed E-state index contributed by atoms with van der Waals surface area (Å²) in [5.74, 6) is 0.314. The molecule has 0 spiro atoms. The van der Waals surface area contributed by atoms with Gasteiger partial charge in [0.25, 0.3) is 0 Å². The Hall–Kier alpha value is -1.14. The predicted molar refractivity (Wildman–Crippen MR) is 68.1 cm³/mol. The van der Waals surface area contributed by atoms with E-state index in [2.05, 4.69) is 16.0 Å². The molecule has 104 valence electrons. The van der Waals surface area contributed by atoms with Crippen LogP contribution >= 0.6 is 0 Å². The average molecular weight is 257 g/mol. The number of ether oxygens (including phenoxy) is 1. The third-order valence-corrected chi connectivity index (χ3v) is 2.82. The summed E-state index contributed by atoms with van der Waals surface area (Å²) in [6, 6.07) is -0.264. The molecule has 1 saturated carbocycles. The predicted octanol–water partition coefficient (Wildman–Crippen LogP) is -0.747. The van der Waals surface area contributed by atoms with E-state index in [1.54, 1.807) is 14.0 Å². The third-order valence-electron chi connectivity index (χ3n) is 2.82. The smallest absolute Gasteiger partial charge is 0.236 e. The first-order valence-corrected chi connectivity index (χ1v) is 6.43. The number of carbonyl (C=O) groups is 2. The lowest BCUT2D eigenvalue weighted by atomic mass is 10.3. The summed E-state index contributed by atoms with van der Waals surface area (Å²) in [6.07, 6.45) is 2.02. The van der Waals surface area contributed by atoms with Crippen molar-refractivity contribution in [1.29, 1.82) is 0 Å². The van der Waals surface area contributed by atoms with Gasteiger partial charge in [0, 0.05) is 32.7 Å². The Morgan fingerprint density at radius 2 is 1.94 bits per heavy atom. The van der Waals surface area contributed by atoms with Gasteiger partial charge in [-0.3, -0.25) is 9.59 Å². The molecule has 0 heterocycles. The fraction of sp³-hybridized carbons (Fsp3) is 0.833. The van der Waals surface area contributed by atoms with Crippen LogP contribution in [0.15, 0.2) is 0 Å². The van der Waals surface area contributed by atoms with Gasteiger partial charge in [-0.1, -0.05) is 0 Å². The van der Waals surface area contributed by atoms with E-state index in [1.165, 1.54) is 0 Å². The van der Waals surface area contributed by atoms with Crippen LogP contribution in [0.3, 0.4) is 0 Å². The molecule has 1 aliphatic rings. The number of methoxy groups -OCH3 is 1. The van der Waals surface area contributed by atoms with Crippen LogP contribution in [0.1, 0.15) is 19.8 Å². The molecule has 1 rings (SSSR count). The van der Waals surface area contributed by atoms with Gasteiger partial charge in [0.05, 0.1) is 12.6 Å². The second-order valence-corrected chi connectivity index (χ2v) is 4.52. The van der Waals surface area contributed by atoms with Gasteiger partial charge in [-0.15, -0.1) is 0 Å². The number of rotatable bonds is 9. The van der Waals surface area contributed by atoms with Crippen molar-refractivity contribution in [3.63, 3.8) is 0 Å². The first kappa shape index (κ1) is 14.9. The quantitative estimate of drug-likeness (QED) is 0.475. The zero-order valence-electron chi connectivity index (χ0n) is 11.1. The zero-order valence-corrected chi connectivity index (χ0v) is 11.1. The van der Waals surface area contributed by atoms with Crippen LogP contribution in [0, 0.1) is 5.92 Å². The largest absolute Gasteiger partial charge is 0.383 e. The molecule has 3 N–H and O–H groups in total. The standard InChI is InChI=1S/C12H23N3O3/c1-9(11(16)15-7-8-18-2)13-5-6-14-12(17)10-3-4-10/h9-10,13H,3-8H2,1-2H3,(H,14,17)(H,15,16). The molecule has 1 aliphatic carbocycles. The molecule has 0 radical (unpaired) electrons. The molecular formula is C12H23N3O3. The topological polar surface area (TPSA) is 79.5 Å². The van der Waals surface area contributed by atoms with Crippen LogP contribution < -0.4 is 16.0 Å². The fourth-order valence-electron chi connectivity index (χ4n) is 1.49. The normalized spacial score (nSPS) is 16.1. The van der Waals surface area contributed by atoms with Crippen LogP contribution in [0.2, 0.25) is 0 Å². The van der Waals surface area contributed by atoms with Crippen molar-refractivity contribution in [2.75, 3.05) is 33.4 Å². The van der Waals surface area contributed by atoms with Crippen molar-refractivity contribution < 1.29 is 14.3 Å². The highest BCUT2D eigenvalue weighted by molar-refractivity contribution is 5.81. The van der Waals surface area contributed by atoms with E-state index in [0.717, 1.165) is 12.8 Å². The maximum absolute atomic E-state index is 11.5. The second-order valence-electron chi connectivity index (χ2n) is 4.52. The van der Waals surface area contributed by atoms with Crippen molar-refractivity contribution in [3.8, 4) is 0 Å². The number of nitrogens with one attached hydrogen (secondary N) is 3. The number of carbonyl (C=O) groups excluding carboxylic acids is 2. The van der Waals surface area contributed by atoms with Crippen molar-refractivity contribution in [2.24, 2.45) is 5.92 Å². The Balaban J connectivity index is 1.99. The summed E-state index contributed by atoms with van der Waals surface area (Å²) in [5, 5.41) is 8.64. The molecule has 0 aliphatic heterocycles. The van der Waals surface area contributed by atoms with E-state index in [9.17, 15) is 9.59 Å². The molecule has 0 bridgehead atoms. The minimum Gasteiger partial charge on any atom is -0.383 e. The highest BCUT2D eigenvalue weighted by atomic mass is 16.5. The third kappa shape index (κ3) is 5.97. The Bertz CT molecular complexity index is 280. The minimum absolute atomic E-state index is 0.0550. The molecular weight excluding hydrogens is 234 g/mol. The first-order chi connectivity index (χ1) is 8.65. The minimum atomic E-state index is -0.264. The number of amides is 2. The van der Waals surface area contributed by atoms with Crippen LogP contribution in [0.25, 0.3) is 0 Å². The highest BCUT2D eigenvalue weighted by Crippen LogP contribution is 2.28. The van der Waals surface area contributed by atoms with Gasteiger partial charge in [0.15, 0.2) is 0 Å². The molecule has 0 aromatic rings. The summed E-state index contributed by atoms with van der Waals surface area (Å²) in [5.41, 5.74) is 0. The van der Waals surface area contributed by atoms with Crippen molar-refractivity contribution in [3.05, 3.63) is 0 Å². The fourth-order valence-corrected chi connectivity index (χ4v) is 1.49. The molecule has 0 aromatic carbocycles. The van der Waals surface area contributed by atoms with Crippen molar-refractivity contribution >= 4 is 11.8 Å². The first-order valence-electron chi connectivity index (χ1n) is 6.43. The lowest BCUT2D eigenvalue weighted by Crippen LogP contribution is -2.45. The highest BCUT2D eigenvalue weighted by Gasteiger charge is 2.28. The van der Waals surface area contributed by atoms with E-state index < -0.39 is 0 Å². The Labute approximate surface area is 108 Å². The summed E-state index contributed by atoms with van der Waals surface area (Å²) in [4.78, 5) is 22.9. The average Bonchev–Trinajstić information content (AvgIpc) is 3.18. The Kier molecular flexibility index (Phi) is 6.67. The van der Waals surface area contributed by atoms with Gasteiger partial charge in [-0.2, -0.15) is 0 Å². The van der Waals surface area contributed by atoms with Gasteiger partial charge in [-0.05, 0) is 19.8 Å². The summed E-state index contributed by atoms with van der Waals surface area (Å²) < 4.78 is 4.84. The second kappa shape index (κ2) is 8.05. The SMILES string of the molecule is COCCNC(=O)C(C)NCCNC(=O)C1CC1. The lowest BCUT2D eigenvalue weighted by molar-refractivity contribution is -0.123. The molecule has 2 amide bonds. The maximum atomic E-state index is 11.5. The Morgan fingerprint density at radius 1 is 1.22 bits per heavy atom. The molecule has 18 heavy (non-hydrogen) atoms. The molecule has 6 nitrogen and oxygen atoms in total. The van der Waals surface area contributed by atoms with Crippen molar-refractivity contribution in [2.45, 2.75) is 25.8 Å². The van der Waals surface area contributed by atoms with E-state index in [4.69, 9.17) is 4.74 Å². The van der Waals surface area contributed by atoms with Crippen LogP contribution in [-0.4, -0.2) is 51.2 Å². The van der Waals surface area contributed by atoms with Gasteiger partial charge in [-0.25, -0.2) is 0 Å². The van der Waals surface area contributed by atoms with Gasteiger partial charge >= 0.3 is 0 Å². The van der Waals surface area contributed by atoms with E-state index in [0.29, 0.717) is 26.2 Å². The van der Waals surface area contributed by atoms with Crippen LogP contribution in [0.5, 0.6) is 0 Å². The van der Waals surface area contributed by atoms with E-state index >= 15 is 0 Å². The summed E-state index contributed by atoms with van der Waals surface area (Å²) in [6.45, 7) is 3.98. The molecule has 1 atom stereocenters. The maximum Gasteiger partial charge on any atom is 0.236 e. The molecule has 0 aromatic heterocycles. The van der Waals surface area contributed by atoms with Gasteiger partial charge in [0.2, 0.25) is 11.8 Å². The van der Waals surface area contributed by atoms with Gasteiger partial charge < -0.3 is 20.7 Å².